The topological polar surface area (TPSA) is 94.0 Å². The number of benzene rings is 3. The average Bonchev–Trinajstić information content (AvgIpc) is 3.04. The summed E-state index contributed by atoms with van der Waals surface area (Å²) < 4.78 is 18.5. The molecule has 0 spiro atoms. The molecule has 2 atom stereocenters. The SMILES string of the molecule is C[Si](C)(C)CCOCOc1cc(COC2CN(C(=O)O)CCC2c2ccc(CCSc3ncccn3)cc2)cc2ccccc12. The second kappa shape index (κ2) is 15.7. The first-order valence-electron chi connectivity index (χ1n) is 15.6. The van der Waals surface area contributed by atoms with Gasteiger partial charge in [0, 0.05) is 50.7 Å². The van der Waals surface area contributed by atoms with E-state index >= 15 is 0 Å². The van der Waals surface area contributed by atoms with Gasteiger partial charge < -0.3 is 24.2 Å². The molecule has 1 saturated heterocycles. The van der Waals surface area contributed by atoms with E-state index in [1.807, 2.05) is 24.3 Å². The summed E-state index contributed by atoms with van der Waals surface area (Å²) in [6.45, 7) is 9.06. The minimum atomic E-state index is -1.17. The summed E-state index contributed by atoms with van der Waals surface area (Å²) in [6.07, 6.45) is 3.96. The van der Waals surface area contributed by atoms with Crippen LogP contribution in [0.15, 0.2) is 84.3 Å². The van der Waals surface area contributed by atoms with Crippen LogP contribution in [0.3, 0.4) is 0 Å². The Morgan fingerprint density at radius 3 is 2.56 bits per heavy atom. The monoisotopic (exact) mass is 645 g/mol. The second-order valence-electron chi connectivity index (χ2n) is 12.6. The molecule has 5 rings (SSSR count). The quantitative estimate of drug-likeness (QED) is 0.0490. The van der Waals surface area contributed by atoms with Gasteiger partial charge in [-0.3, -0.25) is 0 Å². The van der Waals surface area contributed by atoms with Crippen LogP contribution in [0.25, 0.3) is 10.8 Å². The van der Waals surface area contributed by atoms with Crippen LogP contribution in [-0.2, 0) is 22.5 Å². The number of rotatable bonds is 14. The number of likely N-dealkylation sites (tertiary alicyclic amines) is 1. The highest BCUT2D eigenvalue weighted by Crippen LogP contribution is 2.33. The van der Waals surface area contributed by atoms with E-state index in [-0.39, 0.29) is 18.8 Å². The Bertz CT molecular complexity index is 1530. The van der Waals surface area contributed by atoms with E-state index in [1.165, 1.54) is 16.0 Å². The Morgan fingerprint density at radius 2 is 1.80 bits per heavy atom. The number of thioether (sulfide) groups is 1. The lowest BCUT2D eigenvalue weighted by Crippen LogP contribution is -2.46. The molecule has 1 aliphatic heterocycles. The number of aromatic nitrogens is 2. The molecule has 4 aromatic rings. The van der Waals surface area contributed by atoms with Crippen LogP contribution in [-0.4, -0.2) is 72.5 Å². The van der Waals surface area contributed by atoms with Crippen LogP contribution in [0, 0.1) is 0 Å². The van der Waals surface area contributed by atoms with Crippen molar-refractivity contribution in [3.63, 3.8) is 0 Å². The van der Waals surface area contributed by atoms with Crippen LogP contribution in [0.1, 0.15) is 29.0 Å². The highest BCUT2D eigenvalue weighted by Gasteiger charge is 2.33. The maximum absolute atomic E-state index is 11.9. The van der Waals surface area contributed by atoms with Crippen molar-refractivity contribution in [3.05, 3.63) is 95.8 Å². The lowest BCUT2D eigenvalue weighted by Gasteiger charge is -2.37. The number of aryl methyl sites for hydroxylation is 1. The van der Waals surface area contributed by atoms with Crippen LogP contribution < -0.4 is 4.74 Å². The van der Waals surface area contributed by atoms with Gasteiger partial charge in [0.15, 0.2) is 11.9 Å². The third kappa shape index (κ3) is 9.77. The first-order chi connectivity index (χ1) is 21.7. The third-order valence-corrected chi connectivity index (χ3v) is 10.6. The minimum absolute atomic E-state index is 0.0951. The first kappa shape index (κ1) is 32.9. The van der Waals surface area contributed by atoms with Gasteiger partial charge in [0.1, 0.15) is 5.75 Å². The van der Waals surface area contributed by atoms with Crippen molar-refractivity contribution >= 4 is 36.7 Å². The van der Waals surface area contributed by atoms with Crippen molar-refractivity contribution in [1.29, 1.82) is 0 Å². The lowest BCUT2D eigenvalue weighted by atomic mass is 9.86. The number of piperidine rings is 1. The van der Waals surface area contributed by atoms with E-state index in [9.17, 15) is 9.90 Å². The minimum Gasteiger partial charge on any atom is -0.467 e. The molecule has 8 nitrogen and oxygen atoms in total. The molecule has 238 valence electrons. The van der Waals surface area contributed by atoms with Crippen molar-refractivity contribution in [2.75, 3.05) is 32.2 Å². The van der Waals surface area contributed by atoms with Crippen molar-refractivity contribution in [3.8, 4) is 5.75 Å². The molecule has 1 amide bonds. The van der Waals surface area contributed by atoms with Gasteiger partial charge in [-0.1, -0.05) is 79.9 Å². The van der Waals surface area contributed by atoms with Crippen LogP contribution in [0.4, 0.5) is 4.79 Å². The normalized spacial score (nSPS) is 17.0. The van der Waals surface area contributed by atoms with Gasteiger partial charge >= 0.3 is 6.09 Å². The fraction of sp³-hybridized carbons (Fsp3) is 0.400. The van der Waals surface area contributed by atoms with Gasteiger partial charge in [0.05, 0.1) is 19.3 Å². The third-order valence-electron chi connectivity index (χ3n) is 8.04. The number of carbonyl (C=O) groups is 1. The Balaban J connectivity index is 1.24. The second-order valence-corrected chi connectivity index (χ2v) is 19.3. The summed E-state index contributed by atoms with van der Waals surface area (Å²) in [4.78, 5) is 21.9. The number of hydrogen-bond acceptors (Lipinski definition) is 7. The summed E-state index contributed by atoms with van der Waals surface area (Å²) in [5, 5.41) is 12.6. The molecule has 0 saturated carbocycles. The maximum Gasteiger partial charge on any atom is 0.407 e. The number of fused-ring (bicyclic) bond motifs is 1. The molecule has 0 radical (unpaired) electrons. The Kier molecular flexibility index (Phi) is 11.5. The van der Waals surface area contributed by atoms with E-state index in [2.05, 4.69) is 72.1 Å². The number of amides is 1. The Labute approximate surface area is 271 Å². The predicted octanol–water partition coefficient (Wildman–Crippen LogP) is 7.71. The zero-order valence-electron chi connectivity index (χ0n) is 26.4. The Hall–Kier alpha value is -3.44. The highest BCUT2D eigenvalue weighted by atomic mass is 32.2. The predicted molar refractivity (Wildman–Crippen MR) is 182 cm³/mol. The van der Waals surface area contributed by atoms with E-state index in [0.29, 0.717) is 32.7 Å². The van der Waals surface area contributed by atoms with Crippen molar-refractivity contribution in [2.24, 2.45) is 0 Å². The number of nitrogens with zero attached hydrogens (tertiary/aromatic N) is 3. The molecule has 1 N–H and O–H groups in total. The van der Waals surface area contributed by atoms with Gasteiger partial charge in [0.25, 0.3) is 0 Å². The molecule has 1 aromatic heterocycles. The van der Waals surface area contributed by atoms with Crippen molar-refractivity contribution in [1.82, 2.24) is 14.9 Å². The molecule has 1 fully saturated rings. The first-order valence-corrected chi connectivity index (χ1v) is 20.2. The lowest BCUT2D eigenvalue weighted by molar-refractivity contribution is -0.0201. The molecule has 2 heterocycles. The number of hydrogen-bond donors (Lipinski definition) is 1. The van der Waals surface area contributed by atoms with E-state index in [0.717, 1.165) is 45.5 Å². The summed E-state index contributed by atoms with van der Waals surface area (Å²) in [6, 6.07) is 23.9. The molecule has 1 aliphatic rings. The molecular weight excluding hydrogens is 603 g/mol. The van der Waals surface area contributed by atoms with E-state index < -0.39 is 14.2 Å². The summed E-state index contributed by atoms with van der Waals surface area (Å²) in [5.41, 5.74) is 3.40. The van der Waals surface area contributed by atoms with Gasteiger partial charge in [-0.05, 0) is 59.2 Å². The molecule has 2 unspecified atom stereocenters. The van der Waals surface area contributed by atoms with Crippen LogP contribution in [0.2, 0.25) is 25.7 Å². The molecule has 45 heavy (non-hydrogen) atoms. The number of carboxylic acid groups (broad SMARTS) is 1. The maximum atomic E-state index is 11.9. The zero-order valence-corrected chi connectivity index (χ0v) is 28.2. The van der Waals surface area contributed by atoms with Crippen LogP contribution in [0.5, 0.6) is 5.75 Å². The summed E-state index contributed by atoms with van der Waals surface area (Å²) in [5.74, 6) is 1.76. The zero-order chi connectivity index (χ0) is 31.6. The Morgan fingerprint density at radius 1 is 1.02 bits per heavy atom. The fourth-order valence-corrected chi connectivity index (χ4v) is 7.02. The van der Waals surface area contributed by atoms with Gasteiger partial charge in [-0.2, -0.15) is 0 Å². The van der Waals surface area contributed by atoms with Crippen molar-refractivity contribution in [2.45, 2.75) is 62.3 Å². The van der Waals surface area contributed by atoms with Gasteiger partial charge in [-0.25, -0.2) is 14.8 Å². The van der Waals surface area contributed by atoms with Crippen LogP contribution >= 0.6 is 11.8 Å². The van der Waals surface area contributed by atoms with E-state index in [4.69, 9.17) is 14.2 Å². The van der Waals surface area contributed by atoms with Gasteiger partial charge in [-0.15, -0.1) is 0 Å². The summed E-state index contributed by atoms with van der Waals surface area (Å²) in [7, 11) is -1.17. The average molecular weight is 646 g/mol. The molecular formula is C35H43N3O5SSi. The standard InChI is InChI=1S/C35H43N3O5SSi/c1-45(2,3)20-18-41-25-43-32-22-27(21-29-7-4-5-8-30(29)32)24-42-33-23-38(35(39)40)17-13-31(33)28-11-9-26(10-12-28)14-19-44-34-36-15-6-16-37-34/h4-12,15-16,21-22,31,33H,13-14,17-20,23-25H2,1-3H3,(H,39,40). The smallest absolute Gasteiger partial charge is 0.407 e. The molecule has 0 bridgehead atoms. The largest absolute Gasteiger partial charge is 0.467 e. The highest BCUT2D eigenvalue weighted by molar-refractivity contribution is 7.99. The summed E-state index contributed by atoms with van der Waals surface area (Å²) >= 11 is 1.65. The van der Waals surface area contributed by atoms with Gasteiger partial charge in [0.2, 0.25) is 0 Å². The molecule has 3 aromatic carbocycles. The fourth-order valence-electron chi connectivity index (χ4n) is 5.48. The van der Waals surface area contributed by atoms with Crippen molar-refractivity contribution < 1.29 is 24.1 Å². The molecule has 0 aliphatic carbocycles. The number of ether oxygens (including phenoxy) is 3. The van der Waals surface area contributed by atoms with E-state index in [1.54, 1.807) is 24.2 Å². The molecule has 10 heteroatoms.